The molecule has 2 aromatic carbocycles. The molecular formula is C21H24N2O5S. The maximum atomic E-state index is 12.6. The summed E-state index contributed by atoms with van der Waals surface area (Å²) in [4.78, 5) is 23.6. The van der Waals surface area contributed by atoms with Crippen molar-refractivity contribution in [1.29, 1.82) is 0 Å². The Kier molecular flexibility index (Phi) is 6.34. The average molecular weight is 416 g/mol. The Bertz CT molecular complexity index is 981. The lowest BCUT2D eigenvalue weighted by Crippen LogP contribution is -2.27. The van der Waals surface area contributed by atoms with Crippen LogP contribution in [0.5, 0.6) is 0 Å². The predicted octanol–water partition coefficient (Wildman–Crippen LogP) is 3.25. The van der Waals surface area contributed by atoms with E-state index in [9.17, 15) is 18.0 Å². The Morgan fingerprint density at radius 2 is 1.69 bits per heavy atom. The molecule has 1 amide bonds. The molecule has 0 radical (unpaired) electrons. The van der Waals surface area contributed by atoms with E-state index >= 15 is 0 Å². The highest BCUT2D eigenvalue weighted by molar-refractivity contribution is 7.89. The average Bonchev–Trinajstić information content (AvgIpc) is 3.54. The molecule has 1 fully saturated rings. The molecule has 29 heavy (non-hydrogen) atoms. The Morgan fingerprint density at radius 1 is 1.07 bits per heavy atom. The number of hydrogen-bond donors (Lipinski definition) is 2. The third-order valence-electron chi connectivity index (χ3n) is 4.63. The second-order valence-electron chi connectivity index (χ2n) is 6.97. The smallest absolute Gasteiger partial charge is 0.338 e. The minimum Gasteiger partial charge on any atom is -0.462 e. The van der Waals surface area contributed by atoms with Crippen molar-refractivity contribution in [2.75, 3.05) is 11.9 Å². The molecule has 0 spiro atoms. The molecule has 1 unspecified atom stereocenters. The summed E-state index contributed by atoms with van der Waals surface area (Å²) in [6.07, 6.45) is 1.87. The maximum absolute atomic E-state index is 12.6. The molecule has 1 aliphatic rings. The molecule has 2 aromatic rings. The largest absolute Gasteiger partial charge is 0.462 e. The van der Waals surface area contributed by atoms with Crippen molar-refractivity contribution in [3.05, 3.63) is 59.7 Å². The van der Waals surface area contributed by atoms with Crippen molar-refractivity contribution in [2.45, 2.75) is 37.6 Å². The monoisotopic (exact) mass is 416 g/mol. The van der Waals surface area contributed by atoms with Gasteiger partial charge in [0.2, 0.25) is 15.9 Å². The molecule has 0 heterocycles. The normalized spacial score (nSPS) is 14.8. The first-order chi connectivity index (χ1) is 13.8. The van der Waals surface area contributed by atoms with Gasteiger partial charge in [0.25, 0.3) is 0 Å². The molecule has 0 aromatic heterocycles. The highest BCUT2D eigenvalue weighted by atomic mass is 32.2. The number of hydrogen-bond acceptors (Lipinski definition) is 5. The van der Waals surface area contributed by atoms with Crippen LogP contribution in [-0.2, 0) is 19.6 Å². The van der Waals surface area contributed by atoms with Crippen LogP contribution >= 0.6 is 0 Å². The van der Waals surface area contributed by atoms with Crippen LogP contribution in [0, 0.1) is 5.92 Å². The highest BCUT2D eigenvalue weighted by Crippen LogP contribution is 2.30. The number of nitrogens with one attached hydrogen (secondary N) is 2. The van der Waals surface area contributed by atoms with Crippen molar-refractivity contribution in [1.82, 2.24) is 4.72 Å². The van der Waals surface area contributed by atoms with Gasteiger partial charge in [-0.2, -0.15) is 0 Å². The van der Waals surface area contributed by atoms with E-state index in [-0.39, 0.29) is 23.3 Å². The summed E-state index contributed by atoms with van der Waals surface area (Å²) < 4.78 is 32.8. The van der Waals surface area contributed by atoms with Gasteiger partial charge >= 0.3 is 5.97 Å². The van der Waals surface area contributed by atoms with Crippen LogP contribution in [0.3, 0.4) is 0 Å². The SMILES string of the molecule is CCOC(=O)c1ccc(S(=O)(=O)NC(C)c2ccc(NC(=O)C3CC3)cc2)cc1. The van der Waals surface area contributed by atoms with Crippen molar-refractivity contribution in [3.63, 3.8) is 0 Å². The molecular weight excluding hydrogens is 392 g/mol. The Morgan fingerprint density at radius 3 is 2.24 bits per heavy atom. The third-order valence-corrected chi connectivity index (χ3v) is 6.19. The van der Waals surface area contributed by atoms with Gasteiger partial charge in [0, 0.05) is 17.6 Å². The van der Waals surface area contributed by atoms with Crippen LogP contribution in [0.1, 0.15) is 48.7 Å². The zero-order valence-corrected chi connectivity index (χ0v) is 17.2. The topological polar surface area (TPSA) is 102 Å². The van der Waals surface area contributed by atoms with Gasteiger partial charge in [0.15, 0.2) is 0 Å². The third kappa shape index (κ3) is 5.42. The summed E-state index contributed by atoms with van der Waals surface area (Å²) in [7, 11) is -3.77. The highest BCUT2D eigenvalue weighted by Gasteiger charge is 2.29. The molecule has 0 saturated heterocycles. The lowest BCUT2D eigenvalue weighted by Gasteiger charge is -2.15. The Labute approximate surface area is 170 Å². The summed E-state index contributed by atoms with van der Waals surface area (Å²) in [6.45, 7) is 3.69. The van der Waals surface area contributed by atoms with Gasteiger partial charge in [0.05, 0.1) is 17.1 Å². The fourth-order valence-corrected chi connectivity index (χ4v) is 4.03. The summed E-state index contributed by atoms with van der Waals surface area (Å²) in [5, 5.41) is 2.85. The lowest BCUT2D eigenvalue weighted by atomic mass is 10.1. The van der Waals surface area contributed by atoms with E-state index in [2.05, 4.69) is 10.0 Å². The van der Waals surface area contributed by atoms with E-state index in [1.165, 1.54) is 24.3 Å². The van der Waals surface area contributed by atoms with Gasteiger partial charge in [-0.25, -0.2) is 17.9 Å². The van der Waals surface area contributed by atoms with Crippen molar-refractivity contribution < 1.29 is 22.7 Å². The number of anilines is 1. The van der Waals surface area contributed by atoms with Gasteiger partial charge in [0.1, 0.15) is 0 Å². The number of amides is 1. The van der Waals surface area contributed by atoms with E-state index in [4.69, 9.17) is 4.74 Å². The predicted molar refractivity (Wildman–Crippen MR) is 109 cm³/mol. The first-order valence-corrected chi connectivity index (χ1v) is 11.0. The van der Waals surface area contributed by atoms with Gasteiger partial charge in [-0.3, -0.25) is 4.79 Å². The minimum absolute atomic E-state index is 0.0257. The zero-order chi connectivity index (χ0) is 21.0. The van der Waals surface area contributed by atoms with Gasteiger partial charge < -0.3 is 10.1 Å². The van der Waals surface area contributed by atoms with Gasteiger partial charge in [-0.15, -0.1) is 0 Å². The van der Waals surface area contributed by atoms with E-state index in [1.807, 2.05) is 0 Å². The minimum atomic E-state index is -3.77. The maximum Gasteiger partial charge on any atom is 0.338 e. The molecule has 3 rings (SSSR count). The molecule has 1 saturated carbocycles. The van der Waals surface area contributed by atoms with E-state index in [1.54, 1.807) is 38.1 Å². The van der Waals surface area contributed by atoms with Crippen molar-refractivity contribution >= 4 is 27.6 Å². The van der Waals surface area contributed by atoms with Crippen molar-refractivity contribution in [2.24, 2.45) is 5.92 Å². The van der Waals surface area contributed by atoms with Crippen LogP contribution in [0.2, 0.25) is 0 Å². The number of carbonyl (C=O) groups is 2. The standard InChI is InChI=1S/C21H24N2O5S/c1-3-28-21(25)17-8-12-19(13-9-17)29(26,27)23-14(2)15-6-10-18(11-7-15)22-20(24)16-4-5-16/h6-14,16,23H,3-5H2,1-2H3,(H,22,24). The Hall–Kier alpha value is -2.71. The summed E-state index contributed by atoms with van der Waals surface area (Å²) in [5.74, 6) is -0.347. The molecule has 8 heteroatoms. The van der Waals surface area contributed by atoms with Crippen LogP contribution in [0.25, 0.3) is 0 Å². The fraction of sp³-hybridized carbons (Fsp3) is 0.333. The first kappa shape index (κ1) is 21.0. The number of carbonyl (C=O) groups excluding carboxylic acids is 2. The van der Waals surface area contributed by atoms with E-state index in [0.29, 0.717) is 11.3 Å². The molecule has 2 N–H and O–H groups in total. The lowest BCUT2D eigenvalue weighted by molar-refractivity contribution is -0.117. The quantitative estimate of drug-likeness (QED) is 0.643. The number of ether oxygens (including phenoxy) is 1. The van der Waals surface area contributed by atoms with Crippen LogP contribution in [0.15, 0.2) is 53.4 Å². The van der Waals surface area contributed by atoms with Gasteiger partial charge in [-0.05, 0) is 68.7 Å². The van der Waals surface area contributed by atoms with Crippen LogP contribution in [0.4, 0.5) is 5.69 Å². The second-order valence-corrected chi connectivity index (χ2v) is 8.69. The Balaban J connectivity index is 1.64. The number of rotatable bonds is 8. The molecule has 0 aliphatic heterocycles. The fourth-order valence-electron chi connectivity index (χ4n) is 2.80. The summed E-state index contributed by atoms with van der Waals surface area (Å²) >= 11 is 0. The number of esters is 1. The summed E-state index contributed by atoms with van der Waals surface area (Å²) in [6, 6.07) is 12.2. The molecule has 154 valence electrons. The number of sulfonamides is 1. The van der Waals surface area contributed by atoms with Gasteiger partial charge in [-0.1, -0.05) is 12.1 Å². The van der Waals surface area contributed by atoms with Crippen LogP contribution in [-0.4, -0.2) is 26.9 Å². The molecule has 0 bridgehead atoms. The zero-order valence-electron chi connectivity index (χ0n) is 16.3. The van der Waals surface area contributed by atoms with Crippen LogP contribution < -0.4 is 10.0 Å². The molecule has 1 aliphatic carbocycles. The van der Waals surface area contributed by atoms with E-state index in [0.717, 1.165) is 18.4 Å². The van der Waals surface area contributed by atoms with Crippen molar-refractivity contribution in [3.8, 4) is 0 Å². The number of benzene rings is 2. The molecule has 7 nitrogen and oxygen atoms in total. The molecule has 1 atom stereocenters. The van der Waals surface area contributed by atoms with E-state index < -0.39 is 22.0 Å². The summed E-state index contributed by atoms with van der Waals surface area (Å²) in [5.41, 5.74) is 1.75. The second kappa shape index (κ2) is 8.75. The first-order valence-electron chi connectivity index (χ1n) is 9.50.